The van der Waals surface area contributed by atoms with E-state index in [1.54, 1.807) is 13.1 Å². The number of ether oxygens (including phenoxy) is 1. The average molecular weight is 382 g/mol. The van der Waals surface area contributed by atoms with Crippen molar-refractivity contribution in [2.45, 2.75) is 13.1 Å². The molecule has 1 aliphatic rings. The van der Waals surface area contributed by atoms with Gasteiger partial charge in [0.05, 0.1) is 19.3 Å². The highest BCUT2D eigenvalue weighted by Crippen LogP contribution is 2.30. The van der Waals surface area contributed by atoms with Crippen molar-refractivity contribution in [1.29, 1.82) is 0 Å². The Morgan fingerprint density at radius 3 is 2.50 bits per heavy atom. The van der Waals surface area contributed by atoms with E-state index in [2.05, 4.69) is 33.5 Å². The lowest BCUT2D eigenvalue weighted by atomic mass is 10.1. The minimum atomic E-state index is 0.478. The summed E-state index contributed by atoms with van der Waals surface area (Å²) in [6.07, 6.45) is 0.949. The molecule has 0 aliphatic carbocycles. The summed E-state index contributed by atoms with van der Waals surface area (Å²) in [5.41, 5.74) is 12.7. The van der Waals surface area contributed by atoms with E-state index < -0.39 is 0 Å². The van der Waals surface area contributed by atoms with Gasteiger partial charge in [-0.05, 0) is 35.4 Å². The Balaban J connectivity index is 1.60. The highest BCUT2D eigenvalue weighted by atomic mass is 16.6. The average Bonchev–Trinajstić information content (AvgIpc) is 2.73. The van der Waals surface area contributed by atoms with Crippen LogP contribution in [-0.4, -0.2) is 44.1 Å². The zero-order chi connectivity index (χ0) is 19.8. The molecular weight excluding hydrogens is 356 g/mol. The third-order valence-corrected chi connectivity index (χ3v) is 4.81. The molecule has 1 heterocycles. The minimum absolute atomic E-state index is 0.478. The van der Waals surface area contributed by atoms with E-state index in [4.69, 9.17) is 15.3 Å². The van der Waals surface area contributed by atoms with Crippen molar-refractivity contribution in [3.8, 4) is 5.75 Å². The van der Waals surface area contributed by atoms with Gasteiger partial charge in [-0.2, -0.15) is 5.48 Å². The molecule has 0 bridgehead atoms. The number of hydrogen-bond acceptors (Lipinski definition) is 7. The van der Waals surface area contributed by atoms with Gasteiger partial charge in [-0.15, -0.1) is 0 Å². The Hall–Kier alpha value is -2.99. The summed E-state index contributed by atoms with van der Waals surface area (Å²) in [5, 5.41) is 0. The van der Waals surface area contributed by atoms with Gasteiger partial charge in [0.15, 0.2) is 12.2 Å². The van der Waals surface area contributed by atoms with Crippen LogP contribution in [-0.2, 0) is 22.7 Å². The van der Waals surface area contributed by atoms with Gasteiger partial charge in [-0.1, -0.05) is 18.2 Å². The van der Waals surface area contributed by atoms with Crippen LogP contribution in [0.5, 0.6) is 5.75 Å². The molecule has 0 aromatic heterocycles. The number of piperazine rings is 1. The lowest BCUT2D eigenvalue weighted by Gasteiger charge is -2.36. The predicted molar refractivity (Wildman–Crippen MR) is 110 cm³/mol. The number of rotatable bonds is 8. The van der Waals surface area contributed by atoms with E-state index in [0.717, 1.165) is 61.7 Å². The minimum Gasteiger partial charge on any atom is -0.495 e. The van der Waals surface area contributed by atoms with Gasteiger partial charge in [0.25, 0.3) is 0 Å². The largest absolute Gasteiger partial charge is 0.495 e. The van der Waals surface area contributed by atoms with Gasteiger partial charge in [-0.25, -0.2) is 4.79 Å². The van der Waals surface area contributed by atoms with E-state index >= 15 is 0 Å². The van der Waals surface area contributed by atoms with Gasteiger partial charge in [-0.3, -0.25) is 4.90 Å². The molecule has 0 atom stereocenters. The predicted octanol–water partition coefficient (Wildman–Crippen LogP) is 1.97. The molecule has 148 valence electrons. The Morgan fingerprint density at radius 1 is 1.11 bits per heavy atom. The van der Waals surface area contributed by atoms with Crippen LogP contribution in [0.15, 0.2) is 48.7 Å². The number of nitrogens with one attached hydrogen (secondary N) is 1. The summed E-state index contributed by atoms with van der Waals surface area (Å²) >= 11 is 0. The second-order valence-corrected chi connectivity index (χ2v) is 6.69. The fraction of sp³-hybridized carbons (Fsp3) is 0.333. The summed E-state index contributed by atoms with van der Waals surface area (Å²) in [4.78, 5) is 19.8. The maximum Gasteiger partial charge on any atom is 0.194 e. The Kier molecular flexibility index (Phi) is 6.92. The third kappa shape index (κ3) is 5.27. The molecule has 1 saturated heterocycles. The molecule has 7 heteroatoms. The molecule has 28 heavy (non-hydrogen) atoms. The fourth-order valence-electron chi connectivity index (χ4n) is 3.31. The van der Waals surface area contributed by atoms with E-state index in [9.17, 15) is 4.79 Å². The normalized spacial score (nSPS) is 14.4. The first-order chi connectivity index (χ1) is 13.7. The van der Waals surface area contributed by atoms with E-state index in [1.165, 1.54) is 5.56 Å². The highest BCUT2D eigenvalue weighted by Gasteiger charge is 2.20. The quantitative estimate of drug-likeness (QED) is 0.238. The van der Waals surface area contributed by atoms with Gasteiger partial charge >= 0.3 is 0 Å². The van der Waals surface area contributed by atoms with E-state index in [-0.39, 0.29) is 0 Å². The Bertz CT molecular complexity index is 811. The number of methoxy groups -OCH3 is 1. The van der Waals surface area contributed by atoms with Gasteiger partial charge in [0.2, 0.25) is 0 Å². The molecule has 0 amide bonds. The maximum absolute atomic E-state index is 10.1. The number of nitrogens with zero attached hydrogens (tertiary/aromatic N) is 2. The van der Waals surface area contributed by atoms with Crippen molar-refractivity contribution in [3.05, 3.63) is 59.9 Å². The fourth-order valence-corrected chi connectivity index (χ4v) is 3.31. The molecular formula is C21H26N4O3. The molecule has 0 radical (unpaired) electrons. The van der Waals surface area contributed by atoms with Crippen LogP contribution in [0.3, 0.4) is 0 Å². The summed E-state index contributed by atoms with van der Waals surface area (Å²) in [7, 11) is 1.69. The summed E-state index contributed by atoms with van der Waals surface area (Å²) in [6.45, 7) is 5.20. The number of hydrogen-bond donors (Lipinski definition) is 2. The summed E-state index contributed by atoms with van der Waals surface area (Å²) in [6, 6.07) is 14.1. The van der Waals surface area contributed by atoms with Crippen LogP contribution in [0.25, 0.3) is 0 Å². The van der Waals surface area contributed by atoms with Crippen LogP contribution < -0.4 is 20.9 Å². The molecule has 0 spiro atoms. The molecule has 2 aromatic carbocycles. The second-order valence-electron chi connectivity index (χ2n) is 6.69. The number of benzene rings is 2. The van der Waals surface area contributed by atoms with Crippen molar-refractivity contribution in [3.63, 3.8) is 0 Å². The first kappa shape index (κ1) is 19.8. The van der Waals surface area contributed by atoms with Crippen molar-refractivity contribution >= 4 is 17.3 Å². The Labute approximate surface area is 165 Å². The van der Waals surface area contributed by atoms with Crippen molar-refractivity contribution in [1.82, 2.24) is 10.4 Å². The molecule has 1 fully saturated rings. The SMILES string of the molecule is COc1ccc(CNOC=C=O)cc1N1CCN(Cc2ccc(N)cc2)CC1. The third-order valence-electron chi connectivity index (χ3n) is 4.81. The van der Waals surface area contributed by atoms with Crippen LogP contribution in [0, 0.1) is 0 Å². The van der Waals surface area contributed by atoms with Crippen molar-refractivity contribution in [2.24, 2.45) is 0 Å². The molecule has 2 aromatic rings. The van der Waals surface area contributed by atoms with Gasteiger partial charge in [0, 0.05) is 38.4 Å². The Morgan fingerprint density at radius 2 is 1.82 bits per heavy atom. The smallest absolute Gasteiger partial charge is 0.194 e. The standard InChI is InChI=1S/C21H26N4O3/c1-27-21-7-4-18(15-23-28-13-12-26)14-20(21)25-10-8-24(9-11-25)16-17-2-5-19(22)6-3-17/h2-7,13-14,23H,8-11,15-16,22H2,1H3. The first-order valence-electron chi connectivity index (χ1n) is 9.26. The topological polar surface area (TPSA) is 80.1 Å². The van der Waals surface area contributed by atoms with Crippen LogP contribution in [0.4, 0.5) is 11.4 Å². The number of carbonyl (C=O) groups excluding carboxylic acids is 1. The second kappa shape index (κ2) is 9.80. The number of hydroxylamine groups is 1. The monoisotopic (exact) mass is 382 g/mol. The molecule has 1 aliphatic heterocycles. The first-order valence-corrected chi connectivity index (χ1v) is 9.26. The number of nitrogens with two attached hydrogens (primary N) is 1. The molecule has 0 saturated carbocycles. The van der Waals surface area contributed by atoms with Crippen LogP contribution >= 0.6 is 0 Å². The summed E-state index contributed by atoms with van der Waals surface area (Å²) in [5.74, 6) is 2.41. The van der Waals surface area contributed by atoms with Crippen LogP contribution in [0.1, 0.15) is 11.1 Å². The van der Waals surface area contributed by atoms with E-state index in [0.29, 0.717) is 6.54 Å². The lowest BCUT2D eigenvalue weighted by Crippen LogP contribution is -2.46. The van der Waals surface area contributed by atoms with Crippen LogP contribution in [0.2, 0.25) is 0 Å². The number of nitrogen functional groups attached to an aromatic ring is 1. The zero-order valence-corrected chi connectivity index (χ0v) is 16.1. The van der Waals surface area contributed by atoms with Gasteiger partial charge in [0.1, 0.15) is 5.75 Å². The van der Waals surface area contributed by atoms with E-state index in [1.807, 2.05) is 24.3 Å². The molecule has 3 rings (SSSR count). The highest BCUT2D eigenvalue weighted by molar-refractivity contribution is 5.60. The zero-order valence-electron chi connectivity index (χ0n) is 16.1. The lowest BCUT2D eigenvalue weighted by molar-refractivity contribution is 0.132. The maximum atomic E-state index is 10.1. The number of anilines is 2. The van der Waals surface area contributed by atoms with Crippen molar-refractivity contribution < 1.29 is 14.4 Å². The molecule has 0 unspecified atom stereocenters. The molecule has 3 N–H and O–H groups in total. The molecule has 7 nitrogen and oxygen atoms in total. The summed E-state index contributed by atoms with van der Waals surface area (Å²) < 4.78 is 5.55. The van der Waals surface area contributed by atoms with Crippen molar-refractivity contribution in [2.75, 3.05) is 43.9 Å². The van der Waals surface area contributed by atoms with Gasteiger partial charge < -0.3 is 20.2 Å².